The van der Waals surface area contributed by atoms with Gasteiger partial charge in [-0.25, -0.2) is 0 Å². The van der Waals surface area contributed by atoms with Crippen LogP contribution in [0.2, 0.25) is 0 Å². The third-order valence-corrected chi connectivity index (χ3v) is 7.27. The molecule has 0 spiro atoms. The summed E-state index contributed by atoms with van der Waals surface area (Å²) in [5, 5.41) is 22.0. The maximum absolute atomic E-state index is 10.0. The quantitative estimate of drug-likeness (QED) is 0.251. The van der Waals surface area contributed by atoms with Crippen molar-refractivity contribution < 1.29 is 14.9 Å². The summed E-state index contributed by atoms with van der Waals surface area (Å²) >= 11 is 0. The largest absolute Gasteiger partial charge is 0.508 e. The number of nitrogens with zero attached hydrogens (tertiary/aromatic N) is 1. The number of aliphatic hydroxyl groups excluding tert-OH is 1. The maximum Gasteiger partial charge on any atom is 0.119 e. The molecule has 0 amide bonds. The average Bonchev–Trinajstić information content (AvgIpc) is 2.91. The van der Waals surface area contributed by atoms with Gasteiger partial charge in [0.2, 0.25) is 0 Å². The van der Waals surface area contributed by atoms with Crippen LogP contribution in [0.4, 0.5) is 0 Å². The summed E-state index contributed by atoms with van der Waals surface area (Å²) in [6, 6.07) is 18.3. The predicted octanol–water partition coefficient (Wildman–Crippen LogP) is 7.90. The minimum atomic E-state index is 0.218. The highest BCUT2D eigenvalue weighted by Crippen LogP contribution is 2.35. The number of allylic oxidation sites excluding steroid dienone is 3. The molecule has 2 N–H and O–H groups in total. The van der Waals surface area contributed by atoms with Crippen molar-refractivity contribution in [1.82, 2.24) is 4.90 Å². The van der Waals surface area contributed by atoms with E-state index >= 15 is 0 Å². The van der Waals surface area contributed by atoms with Crippen LogP contribution in [0.25, 0.3) is 10.8 Å². The first-order valence-electron chi connectivity index (χ1n) is 13.8. The summed E-state index contributed by atoms with van der Waals surface area (Å²) in [6.45, 7) is 8.46. The zero-order chi connectivity index (χ0) is 26.0. The van der Waals surface area contributed by atoms with Crippen LogP contribution in [0.3, 0.4) is 0 Å². The van der Waals surface area contributed by atoms with Crippen LogP contribution in [0, 0.1) is 0 Å². The molecule has 0 fully saturated rings. The molecule has 4 rings (SSSR count). The van der Waals surface area contributed by atoms with Crippen LogP contribution in [0.1, 0.15) is 68.6 Å². The summed E-state index contributed by atoms with van der Waals surface area (Å²) < 4.78 is 6.11. The summed E-state index contributed by atoms with van der Waals surface area (Å²) in [6.07, 6.45) is 12.2. The molecule has 37 heavy (non-hydrogen) atoms. The van der Waals surface area contributed by atoms with Crippen LogP contribution in [-0.4, -0.2) is 41.4 Å². The van der Waals surface area contributed by atoms with E-state index in [1.54, 1.807) is 12.1 Å². The van der Waals surface area contributed by atoms with Gasteiger partial charge in [0.25, 0.3) is 0 Å². The number of fused-ring (bicyclic) bond motifs is 1. The third kappa shape index (κ3) is 7.39. The molecule has 0 heterocycles. The predicted molar refractivity (Wildman–Crippen MR) is 154 cm³/mol. The topological polar surface area (TPSA) is 52.9 Å². The Bertz CT molecular complexity index is 1200. The van der Waals surface area contributed by atoms with Gasteiger partial charge in [-0.3, -0.25) is 4.90 Å². The Morgan fingerprint density at radius 1 is 0.892 bits per heavy atom. The van der Waals surface area contributed by atoms with Crippen LogP contribution >= 0.6 is 0 Å². The van der Waals surface area contributed by atoms with Crippen molar-refractivity contribution in [2.75, 3.05) is 26.2 Å². The molecule has 3 aromatic rings. The molecule has 3 aromatic carbocycles. The molecule has 196 valence electrons. The second-order valence-corrected chi connectivity index (χ2v) is 10.1. The first kappa shape index (κ1) is 26.8. The first-order valence-corrected chi connectivity index (χ1v) is 13.8. The van der Waals surface area contributed by atoms with Gasteiger partial charge in [0.1, 0.15) is 23.9 Å². The van der Waals surface area contributed by atoms with Gasteiger partial charge in [0.15, 0.2) is 0 Å². The fourth-order valence-electron chi connectivity index (χ4n) is 5.08. The van der Waals surface area contributed by atoms with E-state index in [0.29, 0.717) is 12.4 Å². The van der Waals surface area contributed by atoms with Crippen molar-refractivity contribution in [2.24, 2.45) is 0 Å². The van der Waals surface area contributed by atoms with Gasteiger partial charge >= 0.3 is 0 Å². The number of aromatic hydroxyl groups is 1. The number of ether oxygens (including phenoxy) is 1. The molecule has 1 unspecified atom stereocenters. The van der Waals surface area contributed by atoms with Gasteiger partial charge in [-0.05, 0) is 103 Å². The molecule has 4 heteroatoms. The van der Waals surface area contributed by atoms with Crippen molar-refractivity contribution in [3.63, 3.8) is 0 Å². The molecule has 0 saturated heterocycles. The highest BCUT2D eigenvalue weighted by molar-refractivity contribution is 5.88. The van der Waals surface area contributed by atoms with Crippen molar-refractivity contribution in [3.05, 3.63) is 95.3 Å². The molecule has 4 nitrogen and oxygen atoms in total. The number of aliphatic hydroxyl groups is 1. The SMILES string of the molecule is CCCCN(CCCC)CCOc1ccc(Cc2c(C3C=CC(O)=CC3)ccc3cc(O)ccc23)cc1. The number of unbranched alkanes of at least 4 members (excludes halogenated alkanes) is 2. The molecular weight excluding hydrogens is 458 g/mol. The fourth-order valence-corrected chi connectivity index (χ4v) is 5.08. The number of benzene rings is 3. The molecule has 0 radical (unpaired) electrons. The Balaban J connectivity index is 1.47. The summed E-state index contributed by atoms with van der Waals surface area (Å²) in [5.74, 6) is 1.74. The first-order chi connectivity index (χ1) is 18.1. The lowest BCUT2D eigenvalue weighted by molar-refractivity contribution is 0.204. The van der Waals surface area contributed by atoms with E-state index in [9.17, 15) is 10.2 Å². The van der Waals surface area contributed by atoms with Gasteiger partial charge in [0, 0.05) is 12.5 Å². The standard InChI is InChI=1S/C33H41NO3/c1-3-5-19-34(20-6-4-2)21-22-37-30-15-7-25(8-16-30)23-33-31(26-9-12-28(35)13-10-26)17-11-27-24-29(36)14-18-32(27)33/h7-9,11-18,24,26,35-36H,3-6,10,19-23H2,1-2H3. The fraction of sp³-hybridized carbons (Fsp3) is 0.394. The summed E-state index contributed by atoms with van der Waals surface area (Å²) in [5.41, 5.74) is 3.75. The van der Waals surface area contributed by atoms with Crippen LogP contribution < -0.4 is 4.74 Å². The van der Waals surface area contributed by atoms with Gasteiger partial charge < -0.3 is 14.9 Å². The Labute approximate surface area is 221 Å². The van der Waals surface area contributed by atoms with E-state index in [1.165, 1.54) is 42.4 Å². The van der Waals surface area contributed by atoms with Gasteiger partial charge in [-0.2, -0.15) is 0 Å². The molecular formula is C33H41NO3. The Kier molecular flexibility index (Phi) is 9.67. The molecule has 0 bridgehead atoms. The zero-order valence-electron chi connectivity index (χ0n) is 22.3. The zero-order valence-corrected chi connectivity index (χ0v) is 22.3. The Morgan fingerprint density at radius 3 is 2.32 bits per heavy atom. The smallest absolute Gasteiger partial charge is 0.119 e. The van der Waals surface area contributed by atoms with Crippen LogP contribution in [0.15, 0.2) is 78.6 Å². The Morgan fingerprint density at radius 2 is 1.65 bits per heavy atom. The number of rotatable bonds is 13. The highest BCUT2D eigenvalue weighted by Gasteiger charge is 2.18. The van der Waals surface area contributed by atoms with E-state index in [1.807, 2.05) is 18.2 Å². The van der Waals surface area contributed by atoms with E-state index in [-0.39, 0.29) is 11.7 Å². The van der Waals surface area contributed by atoms with E-state index < -0.39 is 0 Å². The lowest BCUT2D eigenvalue weighted by atomic mass is 9.84. The van der Waals surface area contributed by atoms with Crippen LogP contribution in [0.5, 0.6) is 11.5 Å². The lowest BCUT2D eigenvalue weighted by Gasteiger charge is -2.22. The molecule has 1 aliphatic rings. The molecule has 1 aliphatic carbocycles. The normalized spacial score (nSPS) is 15.3. The maximum atomic E-state index is 10.0. The molecule has 0 aromatic heterocycles. The molecule has 0 saturated carbocycles. The van der Waals surface area contributed by atoms with E-state index in [4.69, 9.17) is 4.74 Å². The van der Waals surface area contributed by atoms with E-state index in [2.05, 4.69) is 61.2 Å². The molecule has 0 aliphatic heterocycles. The van der Waals surface area contributed by atoms with Gasteiger partial charge in [-0.1, -0.05) is 63.1 Å². The third-order valence-electron chi connectivity index (χ3n) is 7.27. The monoisotopic (exact) mass is 499 g/mol. The summed E-state index contributed by atoms with van der Waals surface area (Å²) in [4.78, 5) is 2.52. The van der Waals surface area contributed by atoms with E-state index in [0.717, 1.165) is 49.0 Å². The number of hydrogen-bond donors (Lipinski definition) is 2. The minimum absolute atomic E-state index is 0.218. The van der Waals surface area contributed by atoms with Gasteiger partial charge in [0.05, 0.1) is 0 Å². The van der Waals surface area contributed by atoms with Crippen molar-refractivity contribution >= 4 is 10.8 Å². The second-order valence-electron chi connectivity index (χ2n) is 10.1. The lowest BCUT2D eigenvalue weighted by Crippen LogP contribution is -2.30. The van der Waals surface area contributed by atoms with Gasteiger partial charge in [-0.15, -0.1) is 0 Å². The second kappa shape index (κ2) is 13.3. The molecule has 1 atom stereocenters. The summed E-state index contributed by atoms with van der Waals surface area (Å²) in [7, 11) is 0. The average molecular weight is 500 g/mol. The number of hydrogen-bond acceptors (Lipinski definition) is 4. The van der Waals surface area contributed by atoms with Crippen molar-refractivity contribution in [3.8, 4) is 11.5 Å². The van der Waals surface area contributed by atoms with Crippen LogP contribution in [-0.2, 0) is 6.42 Å². The Hall–Kier alpha value is -3.24. The highest BCUT2D eigenvalue weighted by atomic mass is 16.5. The van der Waals surface area contributed by atoms with Crippen molar-refractivity contribution in [1.29, 1.82) is 0 Å². The number of phenolic OH excluding ortho intramolecular Hbond substituents is 1. The number of phenols is 1. The van der Waals surface area contributed by atoms with Crippen molar-refractivity contribution in [2.45, 2.75) is 58.3 Å². The minimum Gasteiger partial charge on any atom is -0.508 e.